The highest BCUT2D eigenvalue weighted by atomic mass is 16.2. The number of hydrogen-bond acceptors (Lipinski definition) is 4. The van der Waals surface area contributed by atoms with E-state index < -0.39 is 6.04 Å². The van der Waals surface area contributed by atoms with Gasteiger partial charge >= 0.3 is 0 Å². The minimum Gasteiger partial charge on any atom is -0.327 e. The van der Waals surface area contributed by atoms with Crippen LogP contribution in [0.3, 0.4) is 0 Å². The van der Waals surface area contributed by atoms with Gasteiger partial charge in [-0.15, -0.1) is 0 Å². The van der Waals surface area contributed by atoms with Crippen LogP contribution in [0, 0.1) is 0 Å². The summed E-state index contributed by atoms with van der Waals surface area (Å²) in [5, 5.41) is 1.14. The summed E-state index contributed by atoms with van der Waals surface area (Å²) >= 11 is 0. The molecule has 2 saturated heterocycles. The molecule has 2 fully saturated rings. The molecule has 0 bridgehead atoms. The molecule has 5 rings (SSSR count). The average Bonchev–Trinajstić information content (AvgIpc) is 2.78. The Bertz CT molecular complexity index is 1080. The second kappa shape index (κ2) is 7.88. The van der Waals surface area contributed by atoms with E-state index in [4.69, 9.17) is 0 Å². The fourth-order valence-corrected chi connectivity index (χ4v) is 4.51. The number of fused-ring (bicyclic) bond motifs is 2. The van der Waals surface area contributed by atoms with Crippen molar-refractivity contribution in [2.24, 2.45) is 0 Å². The van der Waals surface area contributed by atoms with Gasteiger partial charge in [0.05, 0.1) is 5.52 Å². The van der Waals surface area contributed by atoms with E-state index in [2.05, 4.69) is 16.0 Å². The number of pyridine rings is 1. The van der Waals surface area contributed by atoms with Gasteiger partial charge in [-0.3, -0.25) is 19.5 Å². The lowest BCUT2D eigenvalue weighted by atomic mass is 10.0. The number of nitrogens with zero attached hydrogens (tertiary/aromatic N) is 4. The van der Waals surface area contributed by atoms with Crippen LogP contribution in [-0.2, 0) is 22.7 Å². The van der Waals surface area contributed by atoms with Gasteiger partial charge in [0.1, 0.15) is 12.6 Å². The topological polar surface area (TPSA) is 56.8 Å². The van der Waals surface area contributed by atoms with Crippen LogP contribution in [0.5, 0.6) is 0 Å². The summed E-state index contributed by atoms with van der Waals surface area (Å²) in [6, 6.07) is 19.6. The first-order chi connectivity index (χ1) is 14.7. The molecule has 0 radical (unpaired) electrons. The highest BCUT2D eigenvalue weighted by molar-refractivity contribution is 5.95. The third-order valence-corrected chi connectivity index (χ3v) is 6.06. The number of hydrogen-bond donors (Lipinski definition) is 0. The Morgan fingerprint density at radius 1 is 0.900 bits per heavy atom. The van der Waals surface area contributed by atoms with Crippen LogP contribution in [0.1, 0.15) is 11.1 Å². The van der Waals surface area contributed by atoms with Crippen molar-refractivity contribution < 1.29 is 9.59 Å². The summed E-state index contributed by atoms with van der Waals surface area (Å²) in [4.78, 5) is 36.1. The zero-order chi connectivity index (χ0) is 20.5. The maximum Gasteiger partial charge on any atom is 0.247 e. The molecule has 6 heteroatoms. The van der Waals surface area contributed by atoms with E-state index in [1.165, 1.54) is 5.56 Å². The minimum absolute atomic E-state index is 0.0442. The lowest BCUT2D eigenvalue weighted by Crippen LogP contribution is -2.66. The van der Waals surface area contributed by atoms with Crippen molar-refractivity contribution in [3.8, 4) is 0 Å². The highest BCUT2D eigenvalue weighted by Gasteiger charge is 2.42. The number of amides is 2. The third-order valence-electron chi connectivity index (χ3n) is 6.06. The van der Waals surface area contributed by atoms with E-state index in [1.807, 2.05) is 60.8 Å². The third kappa shape index (κ3) is 3.55. The Morgan fingerprint density at radius 2 is 1.70 bits per heavy atom. The van der Waals surface area contributed by atoms with Gasteiger partial charge in [0.25, 0.3) is 0 Å². The standard InChI is InChI=1S/C24H24N4O2/c29-23-17-27(14-18-6-2-1-3-7-18)24(30)22-16-26(12-13-28(22)23)15-19-10-11-25-21-9-5-4-8-20(19)21/h1-11,22H,12-17H2. The SMILES string of the molecule is O=C1C2CN(Cc3ccnc4ccccc34)CCN2C(=O)CN1Cc1ccccc1. The summed E-state index contributed by atoms with van der Waals surface area (Å²) in [5.41, 5.74) is 3.22. The number of carbonyl (C=O) groups excluding carboxylic acids is 2. The molecule has 6 nitrogen and oxygen atoms in total. The number of rotatable bonds is 4. The summed E-state index contributed by atoms with van der Waals surface area (Å²) in [6.07, 6.45) is 1.84. The lowest BCUT2D eigenvalue weighted by Gasteiger charge is -2.46. The van der Waals surface area contributed by atoms with Crippen LogP contribution in [-0.4, -0.2) is 63.7 Å². The van der Waals surface area contributed by atoms with Crippen molar-refractivity contribution in [1.29, 1.82) is 0 Å². The summed E-state index contributed by atoms with van der Waals surface area (Å²) < 4.78 is 0. The molecule has 0 N–H and O–H groups in total. The number of piperazine rings is 2. The second-order valence-corrected chi connectivity index (χ2v) is 8.01. The maximum absolute atomic E-state index is 13.2. The molecular weight excluding hydrogens is 376 g/mol. The molecule has 3 aromatic rings. The predicted molar refractivity (Wildman–Crippen MR) is 114 cm³/mol. The molecule has 30 heavy (non-hydrogen) atoms. The van der Waals surface area contributed by atoms with E-state index in [0.717, 1.165) is 29.6 Å². The number of aromatic nitrogens is 1. The summed E-state index contributed by atoms with van der Waals surface area (Å²) in [6.45, 7) is 3.31. The normalized spacial score (nSPS) is 19.9. The fraction of sp³-hybridized carbons (Fsp3) is 0.292. The van der Waals surface area contributed by atoms with E-state index >= 15 is 0 Å². The fourth-order valence-electron chi connectivity index (χ4n) is 4.51. The second-order valence-electron chi connectivity index (χ2n) is 8.01. The van der Waals surface area contributed by atoms with Gasteiger partial charge in [-0.25, -0.2) is 0 Å². The van der Waals surface area contributed by atoms with Gasteiger partial charge < -0.3 is 9.80 Å². The zero-order valence-corrected chi connectivity index (χ0v) is 16.8. The van der Waals surface area contributed by atoms with Crippen molar-refractivity contribution in [3.63, 3.8) is 0 Å². The quantitative estimate of drug-likeness (QED) is 0.674. The molecule has 0 spiro atoms. The van der Waals surface area contributed by atoms with E-state index in [1.54, 1.807) is 9.80 Å². The summed E-state index contributed by atoms with van der Waals surface area (Å²) in [7, 11) is 0. The van der Waals surface area contributed by atoms with Gasteiger partial charge in [-0.05, 0) is 23.3 Å². The number of para-hydroxylation sites is 1. The molecule has 0 saturated carbocycles. The van der Waals surface area contributed by atoms with Crippen LogP contribution in [0.4, 0.5) is 0 Å². The molecule has 0 aliphatic carbocycles. The van der Waals surface area contributed by atoms with Gasteiger partial charge in [0.2, 0.25) is 11.8 Å². The van der Waals surface area contributed by atoms with Gasteiger partial charge in [0.15, 0.2) is 0 Å². The smallest absolute Gasteiger partial charge is 0.247 e. The molecule has 1 unspecified atom stereocenters. The molecule has 2 aliphatic heterocycles. The van der Waals surface area contributed by atoms with Gasteiger partial charge in [-0.2, -0.15) is 0 Å². The monoisotopic (exact) mass is 400 g/mol. The Hall–Kier alpha value is -3.25. The van der Waals surface area contributed by atoms with E-state index in [0.29, 0.717) is 19.6 Å². The first kappa shape index (κ1) is 18.8. The molecule has 2 aromatic carbocycles. The summed E-state index contributed by atoms with van der Waals surface area (Å²) in [5.74, 6) is 0.0901. The van der Waals surface area contributed by atoms with Crippen molar-refractivity contribution in [1.82, 2.24) is 19.7 Å². The molecule has 3 heterocycles. The Balaban J connectivity index is 1.33. The lowest BCUT2D eigenvalue weighted by molar-refractivity contribution is -0.160. The highest BCUT2D eigenvalue weighted by Crippen LogP contribution is 2.23. The molecule has 2 aliphatic rings. The average molecular weight is 400 g/mol. The van der Waals surface area contributed by atoms with E-state index in [9.17, 15) is 9.59 Å². The number of carbonyl (C=O) groups is 2. The maximum atomic E-state index is 13.2. The molecule has 2 amide bonds. The first-order valence-electron chi connectivity index (χ1n) is 10.4. The number of benzene rings is 2. The predicted octanol–water partition coefficient (Wildman–Crippen LogP) is 2.29. The molecular formula is C24H24N4O2. The van der Waals surface area contributed by atoms with Crippen molar-refractivity contribution >= 4 is 22.7 Å². The molecule has 152 valence electrons. The van der Waals surface area contributed by atoms with Crippen molar-refractivity contribution in [3.05, 3.63) is 78.0 Å². The van der Waals surface area contributed by atoms with Crippen molar-refractivity contribution in [2.45, 2.75) is 19.1 Å². The van der Waals surface area contributed by atoms with Gasteiger partial charge in [-0.1, -0.05) is 48.5 Å². The van der Waals surface area contributed by atoms with Crippen LogP contribution in [0.2, 0.25) is 0 Å². The van der Waals surface area contributed by atoms with Crippen LogP contribution >= 0.6 is 0 Å². The first-order valence-corrected chi connectivity index (χ1v) is 10.4. The minimum atomic E-state index is -0.406. The Kier molecular flexibility index (Phi) is 4.93. The van der Waals surface area contributed by atoms with Crippen molar-refractivity contribution in [2.75, 3.05) is 26.2 Å². The van der Waals surface area contributed by atoms with Crippen LogP contribution in [0.25, 0.3) is 10.9 Å². The van der Waals surface area contributed by atoms with Crippen LogP contribution < -0.4 is 0 Å². The Morgan fingerprint density at radius 3 is 2.57 bits per heavy atom. The van der Waals surface area contributed by atoms with Gasteiger partial charge in [0, 0.05) is 44.3 Å². The Labute approximate surface area is 175 Å². The molecule has 1 aromatic heterocycles. The molecule has 1 atom stereocenters. The largest absolute Gasteiger partial charge is 0.327 e. The van der Waals surface area contributed by atoms with E-state index in [-0.39, 0.29) is 18.4 Å². The zero-order valence-electron chi connectivity index (χ0n) is 16.8. The van der Waals surface area contributed by atoms with Crippen LogP contribution in [0.15, 0.2) is 66.9 Å².